The van der Waals surface area contributed by atoms with Crippen LogP contribution in [-0.4, -0.2) is 47.9 Å². The first-order chi connectivity index (χ1) is 16.9. The Labute approximate surface area is 221 Å². The van der Waals surface area contributed by atoms with Gasteiger partial charge in [0.25, 0.3) is 5.91 Å². The highest BCUT2D eigenvalue weighted by molar-refractivity contribution is 7.10. The molecular formula is C27H30Cl2N2O3S. The average molecular weight is 534 g/mol. The number of aryl methyl sites for hydroxylation is 1. The molecule has 0 fully saturated rings. The molecule has 2 amide bonds. The van der Waals surface area contributed by atoms with E-state index in [2.05, 4.69) is 6.07 Å². The van der Waals surface area contributed by atoms with Gasteiger partial charge in [0.2, 0.25) is 5.91 Å². The molecule has 1 heterocycles. The highest BCUT2D eigenvalue weighted by atomic mass is 35.5. The van der Waals surface area contributed by atoms with E-state index in [0.29, 0.717) is 49.9 Å². The molecule has 35 heavy (non-hydrogen) atoms. The van der Waals surface area contributed by atoms with Gasteiger partial charge in [-0.15, -0.1) is 11.3 Å². The average Bonchev–Trinajstić information content (AvgIpc) is 3.25. The molecule has 0 aliphatic rings. The first kappa shape index (κ1) is 27.2. The van der Waals surface area contributed by atoms with Crippen molar-refractivity contribution in [3.8, 4) is 0 Å². The minimum atomic E-state index is -0.302. The maximum Gasteiger partial charge on any atom is 0.255 e. The topological polar surface area (TPSA) is 49.9 Å². The van der Waals surface area contributed by atoms with E-state index in [0.717, 1.165) is 16.0 Å². The molecule has 0 N–H and O–H groups in total. The summed E-state index contributed by atoms with van der Waals surface area (Å²) < 4.78 is 5.45. The molecule has 0 aliphatic carbocycles. The first-order valence-corrected chi connectivity index (χ1v) is 13.2. The standard InChI is InChI=1S/C27H30Cl2N2O3S/c1-3-34-14-7-13-30(27(33)23-11-10-22(28)16-24(23)29)19-26(32)31(17-21-8-5-4-6-9-21)18-25-20(2)12-15-35-25/h4-6,8-12,15-16H,3,7,13-14,17-19H2,1-2H3. The van der Waals surface area contributed by atoms with E-state index in [1.165, 1.54) is 6.07 Å². The van der Waals surface area contributed by atoms with Crippen molar-refractivity contribution in [3.05, 3.63) is 91.6 Å². The van der Waals surface area contributed by atoms with Crippen molar-refractivity contribution in [1.82, 2.24) is 9.80 Å². The van der Waals surface area contributed by atoms with Crippen LogP contribution in [0.25, 0.3) is 0 Å². The van der Waals surface area contributed by atoms with Crippen LogP contribution in [0.2, 0.25) is 10.0 Å². The number of hydrogen-bond donors (Lipinski definition) is 0. The van der Waals surface area contributed by atoms with E-state index in [4.69, 9.17) is 27.9 Å². The van der Waals surface area contributed by atoms with Crippen molar-refractivity contribution in [2.75, 3.05) is 26.3 Å². The molecule has 0 radical (unpaired) electrons. The molecule has 0 aliphatic heterocycles. The monoisotopic (exact) mass is 532 g/mol. The molecule has 0 atom stereocenters. The molecule has 8 heteroatoms. The number of amides is 2. The van der Waals surface area contributed by atoms with Crippen LogP contribution in [0.1, 0.15) is 39.7 Å². The van der Waals surface area contributed by atoms with Crippen LogP contribution in [-0.2, 0) is 22.6 Å². The molecule has 3 rings (SSSR count). The van der Waals surface area contributed by atoms with Crippen molar-refractivity contribution < 1.29 is 14.3 Å². The zero-order chi connectivity index (χ0) is 25.2. The van der Waals surface area contributed by atoms with Gasteiger partial charge >= 0.3 is 0 Å². The molecule has 0 saturated carbocycles. The van der Waals surface area contributed by atoms with Gasteiger partial charge in [0, 0.05) is 36.2 Å². The van der Waals surface area contributed by atoms with Crippen molar-refractivity contribution in [2.24, 2.45) is 0 Å². The molecule has 0 bridgehead atoms. The van der Waals surface area contributed by atoms with E-state index in [-0.39, 0.29) is 23.4 Å². The first-order valence-electron chi connectivity index (χ1n) is 11.6. The Balaban J connectivity index is 1.82. The molecule has 2 aromatic carbocycles. The molecule has 0 spiro atoms. The van der Waals surface area contributed by atoms with Gasteiger partial charge < -0.3 is 14.5 Å². The van der Waals surface area contributed by atoms with Crippen molar-refractivity contribution in [1.29, 1.82) is 0 Å². The quantitative estimate of drug-likeness (QED) is 0.251. The maximum atomic E-state index is 13.6. The Bertz CT molecular complexity index is 1120. The van der Waals surface area contributed by atoms with Gasteiger partial charge in [0.05, 0.1) is 17.1 Å². The number of halogens is 2. The van der Waals surface area contributed by atoms with Gasteiger partial charge in [0.1, 0.15) is 6.54 Å². The van der Waals surface area contributed by atoms with Crippen LogP contribution in [0.4, 0.5) is 0 Å². The molecule has 0 unspecified atom stereocenters. The van der Waals surface area contributed by atoms with Crippen LogP contribution in [0, 0.1) is 6.92 Å². The zero-order valence-electron chi connectivity index (χ0n) is 20.0. The number of nitrogens with zero attached hydrogens (tertiary/aromatic N) is 2. The summed E-state index contributed by atoms with van der Waals surface area (Å²) >= 11 is 14.0. The second kappa shape index (κ2) is 13.6. The summed E-state index contributed by atoms with van der Waals surface area (Å²) in [5.41, 5.74) is 2.51. The summed E-state index contributed by atoms with van der Waals surface area (Å²) in [7, 11) is 0. The summed E-state index contributed by atoms with van der Waals surface area (Å²) in [6.45, 7) is 6.34. The number of carbonyl (C=O) groups is 2. The lowest BCUT2D eigenvalue weighted by Gasteiger charge is -2.28. The fourth-order valence-corrected chi connectivity index (χ4v) is 5.04. The number of carbonyl (C=O) groups excluding carboxylic acids is 2. The van der Waals surface area contributed by atoms with Crippen LogP contribution in [0.3, 0.4) is 0 Å². The Morgan fingerprint density at radius 1 is 1.00 bits per heavy atom. The lowest BCUT2D eigenvalue weighted by molar-refractivity contribution is -0.133. The highest BCUT2D eigenvalue weighted by Crippen LogP contribution is 2.23. The molecular weight excluding hydrogens is 503 g/mol. The number of hydrogen-bond acceptors (Lipinski definition) is 4. The lowest BCUT2D eigenvalue weighted by Crippen LogP contribution is -2.43. The SMILES string of the molecule is CCOCCCN(CC(=O)N(Cc1ccccc1)Cc1sccc1C)C(=O)c1ccc(Cl)cc1Cl. The lowest BCUT2D eigenvalue weighted by atomic mass is 10.1. The van der Waals surface area contributed by atoms with E-state index >= 15 is 0 Å². The third kappa shape index (κ3) is 8.07. The number of rotatable bonds is 12. The van der Waals surface area contributed by atoms with Crippen molar-refractivity contribution in [3.63, 3.8) is 0 Å². The zero-order valence-corrected chi connectivity index (χ0v) is 22.3. The Morgan fingerprint density at radius 3 is 2.43 bits per heavy atom. The highest BCUT2D eigenvalue weighted by Gasteiger charge is 2.24. The molecule has 186 valence electrons. The fraction of sp³-hybridized carbons (Fsp3) is 0.333. The van der Waals surface area contributed by atoms with Gasteiger partial charge in [-0.05, 0) is 61.0 Å². The Morgan fingerprint density at radius 2 is 1.77 bits per heavy atom. The summed E-state index contributed by atoms with van der Waals surface area (Å²) in [6, 6.07) is 16.7. The van der Waals surface area contributed by atoms with Crippen molar-refractivity contribution >= 4 is 46.4 Å². The van der Waals surface area contributed by atoms with Gasteiger partial charge in [0.15, 0.2) is 0 Å². The van der Waals surface area contributed by atoms with Crippen LogP contribution >= 0.6 is 34.5 Å². The third-order valence-corrected chi connectivity index (χ3v) is 7.12. The third-order valence-electron chi connectivity index (χ3n) is 5.57. The Hall–Kier alpha value is -2.38. The summed E-state index contributed by atoms with van der Waals surface area (Å²) in [4.78, 5) is 31.5. The second-order valence-corrected chi connectivity index (χ2v) is 10.0. The minimum Gasteiger partial charge on any atom is -0.382 e. The summed E-state index contributed by atoms with van der Waals surface area (Å²) in [6.07, 6.45) is 0.612. The molecule has 1 aromatic heterocycles. The van der Waals surface area contributed by atoms with Gasteiger partial charge in [-0.1, -0.05) is 53.5 Å². The molecule has 5 nitrogen and oxygen atoms in total. The van der Waals surface area contributed by atoms with Gasteiger partial charge in [-0.3, -0.25) is 9.59 Å². The maximum absolute atomic E-state index is 13.6. The van der Waals surface area contributed by atoms with E-state index in [9.17, 15) is 9.59 Å². The fourth-order valence-electron chi connectivity index (χ4n) is 3.63. The van der Waals surface area contributed by atoms with Gasteiger partial charge in [-0.25, -0.2) is 0 Å². The smallest absolute Gasteiger partial charge is 0.255 e. The van der Waals surface area contributed by atoms with E-state index < -0.39 is 0 Å². The van der Waals surface area contributed by atoms with E-state index in [1.807, 2.05) is 49.6 Å². The van der Waals surface area contributed by atoms with Crippen LogP contribution < -0.4 is 0 Å². The van der Waals surface area contributed by atoms with Gasteiger partial charge in [-0.2, -0.15) is 0 Å². The molecule has 0 saturated heterocycles. The normalized spacial score (nSPS) is 10.9. The van der Waals surface area contributed by atoms with Crippen LogP contribution in [0.15, 0.2) is 60.0 Å². The van der Waals surface area contributed by atoms with Crippen LogP contribution in [0.5, 0.6) is 0 Å². The molecule has 3 aromatic rings. The second-order valence-electron chi connectivity index (χ2n) is 8.16. The van der Waals surface area contributed by atoms with E-state index in [1.54, 1.807) is 33.3 Å². The predicted octanol–water partition coefficient (Wildman–Crippen LogP) is 6.46. The number of ether oxygens (including phenoxy) is 1. The summed E-state index contributed by atoms with van der Waals surface area (Å²) in [5, 5.41) is 2.74. The Kier molecular flexibility index (Phi) is 10.6. The summed E-state index contributed by atoms with van der Waals surface area (Å²) in [5.74, 6) is -0.431. The number of thiophene rings is 1. The van der Waals surface area contributed by atoms with Crippen molar-refractivity contribution in [2.45, 2.75) is 33.4 Å². The minimum absolute atomic E-state index is 0.0544. The number of benzene rings is 2. The largest absolute Gasteiger partial charge is 0.382 e. The predicted molar refractivity (Wildman–Crippen MR) is 143 cm³/mol.